The zero-order valence-corrected chi connectivity index (χ0v) is 13.8. The van der Waals surface area contributed by atoms with Crippen LogP contribution in [0.25, 0.3) is 11.6 Å². The lowest BCUT2D eigenvalue weighted by Crippen LogP contribution is -2.48. The summed E-state index contributed by atoms with van der Waals surface area (Å²) in [6.07, 6.45) is 1.53. The highest BCUT2D eigenvalue weighted by Crippen LogP contribution is 2.34. The second kappa shape index (κ2) is 5.29. The van der Waals surface area contributed by atoms with Gasteiger partial charge in [-0.3, -0.25) is 0 Å². The molecule has 0 radical (unpaired) electrons. The van der Waals surface area contributed by atoms with Crippen molar-refractivity contribution in [3.63, 3.8) is 0 Å². The van der Waals surface area contributed by atoms with Gasteiger partial charge >= 0.3 is 0 Å². The summed E-state index contributed by atoms with van der Waals surface area (Å²) < 4.78 is 37.1. The first-order valence-electron chi connectivity index (χ1n) is 6.98. The Morgan fingerprint density at radius 1 is 1.30 bits per heavy atom. The van der Waals surface area contributed by atoms with E-state index in [1.807, 2.05) is 13.0 Å². The zero-order valence-electron chi connectivity index (χ0n) is 12.2. The van der Waals surface area contributed by atoms with Crippen LogP contribution in [0.5, 0.6) is 0 Å². The van der Waals surface area contributed by atoms with Crippen molar-refractivity contribution in [2.24, 2.45) is 0 Å². The van der Waals surface area contributed by atoms with E-state index in [9.17, 15) is 8.42 Å². The highest BCUT2D eigenvalue weighted by molar-refractivity contribution is 7.91. The molecule has 0 saturated carbocycles. The Labute approximate surface area is 136 Å². The third-order valence-electron chi connectivity index (χ3n) is 3.69. The summed E-state index contributed by atoms with van der Waals surface area (Å²) in [6, 6.07) is 6.93. The minimum atomic E-state index is -3.42. The summed E-state index contributed by atoms with van der Waals surface area (Å²) in [5, 5.41) is 3.86. The van der Waals surface area contributed by atoms with Gasteiger partial charge < -0.3 is 8.94 Å². The second-order valence-electron chi connectivity index (χ2n) is 5.32. The molecule has 3 aromatic rings. The van der Waals surface area contributed by atoms with Crippen LogP contribution in [0.4, 0.5) is 0 Å². The minimum absolute atomic E-state index is 0.0814. The number of sulfonamides is 1. The van der Waals surface area contributed by atoms with Crippen molar-refractivity contribution in [3.05, 3.63) is 41.3 Å². The lowest BCUT2D eigenvalue weighted by molar-refractivity contribution is 0.217. The minimum Gasteiger partial charge on any atom is -0.461 e. The fourth-order valence-corrected chi connectivity index (χ4v) is 5.34. The molecule has 9 heteroatoms. The first-order valence-corrected chi connectivity index (χ1v) is 9.24. The van der Waals surface area contributed by atoms with Crippen LogP contribution in [-0.2, 0) is 10.0 Å². The predicted molar refractivity (Wildman–Crippen MR) is 82.6 cm³/mol. The molecule has 1 fully saturated rings. The Kier molecular flexibility index (Phi) is 3.36. The molecule has 0 aliphatic carbocycles. The fourth-order valence-electron chi connectivity index (χ4n) is 2.38. The molecule has 4 heterocycles. The largest absolute Gasteiger partial charge is 0.461 e. The number of rotatable bonds is 4. The second-order valence-corrected chi connectivity index (χ2v) is 8.77. The monoisotopic (exact) mass is 351 g/mol. The maximum atomic E-state index is 12.5. The lowest BCUT2D eigenvalue weighted by atomic mass is 10.0. The van der Waals surface area contributed by atoms with Crippen LogP contribution in [0.3, 0.4) is 0 Å². The number of aryl methyl sites for hydroxylation is 1. The van der Waals surface area contributed by atoms with Gasteiger partial charge in [0.15, 0.2) is 5.76 Å². The Bertz CT molecular complexity index is 921. The van der Waals surface area contributed by atoms with Gasteiger partial charge in [0.2, 0.25) is 11.7 Å². The Hall–Kier alpha value is -1.97. The van der Waals surface area contributed by atoms with E-state index in [1.54, 1.807) is 18.2 Å². The number of thiophene rings is 1. The van der Waals surface area contributed by atoms with Crippen molar-refractivity contribution in [1.82, 2.24) is 14.4 Å². The van der Waals surface area contributed by atoms with Gasteiger partial charge in [-0.05, 0) is 31.2 Å². The van der Waals surface area contributed by atoms with Gasteiger partial charge in [0.25, 0.3) is 10.0 Å². The van der Waals surface area contributed by atoms with Gasteiger partial charge in [-0.25, -0.2) is 8.42 Å². The maximum absolute atomic E-state index is 12.5. The Morgan fingerprint density at radius 2 is 2.13 bits per heavy atom. The Morgan fingerprint density at radius 3 is 2.78 bits per heavy atom. The average Bonchev–Trinajstić information content (AvgIpc) is 3.16. The topological polar surface area (TPSA) is 89.4 Å². The molecule has 0 spiro atoms. The lowest BCUT2D eigenvalue weighted by Gasteiger charge is -2.35. The average molecular weight is 351 g/mol. The molecule has 0 bridgehead atoms. The van der Waals surface area contributed by atoms with Crippen molar-refractivity contribution < 1.29 is 17.4 Å². The molecule has 0 aromatic carbocycles. The molecule has 3 aromatic heterocycles. The van der Waals surface area contributed by atoms with Crippen molar-refractivity contribution >= 4 is 21.4 Å². The first kappa shape index (κ1) is 14.6. The summed E-state index contributed by atoms with van der Waals surface area (Å²) in [4.78, 5) is 5.25. The molecule has 7 nitrogen and oxygen atoms in total. The number of aromatic nitrogens is 2. The number of furan rings is 1. The Balaban J connectivity index is 1.47. The molecule has 0 unspecified atom stereocenters. The van der Waals surface area contributed by atoms with E-state index >= 15 is 0 Å². The van der Waals surface area contributed by atoms with Crippen LogP contribution in [0.2, 0.25) is 0 Å². The van der Waals surface area contributed by atoms with Crippen LogP contribution >= 0.6 is 11.3 Å². The fraction of sp³-hybridized carbons (Fsp3) is 0.286. The third-order valence-corrected chi connectivity index (χ3v) is 6.99. The maximum Gasteiger partial charge on any atom is 0.252 e. The van der Waals surface area contributed by atoms with Crippen LogP contribution in [0, 0.1) is 6.92 Å². The molecule has 120 valence electrons. The van der Waals surface area contributed by atoms with E-state index < -0.39 is 10.0 Å². The van der Waals surface area contributed by atoms with E-state index in [0.29, 0.717) is 34.8 Å². The van der Waals surface area contributed by atoms with Gasteiger partial charge in [0.1, 0.15) is 4.21 Å². The predicted octanol–water partition coefficient (Wildman–Crippen LogP) is 2.49. The molecule has 1 aliphatic rings. The molecule has 1 saturated heterocycles. The molecule has 4 rings (SSSR count). The first-order chi connectivity index (χ1) is 11.0. The van der Waals surface area contributed by atoms with Crippen LogP contribution in [-0.4, -0.2) is 36.0 Å². The summed E-state index contributed by atoms with van der Waals surface area (Å²) >= 11 is 1.28. The van der Waals surface area contributed by atoms with Crippen molar-refractivity contribution in [2.45, 2.75) is 17.1 Å². The van der Waals surface area contributed by atoms with Gasteiger partial charge in [0.05, 0.1) is 12.2 Å². The molecule has 0 N–H and O–H groups in total. The summed E-state index contributed by atoms with van der Waals surface area (Å²) in [7, 11) is -3.42. The summed E-state index contributed by atoms with van der Waals surface area (Å²) in [5.41, 5.74) is 0. The van der Waals surface area contributed by atoms with Crippen molar-refractivity contribution in [1.29, 1.82) is 0 Å². The smallest absolute Gasteiger partial charge is 0.252 e. The van der Waals surface area contributed by atoms with E-state index in [0.717, 1.165) is 4.88 Å². The molecule has 0 atom stereocenters. The number of hydrogen-bond acceptors (Lipinski definition) is 7. The normalized spacial score (nSPS) is 16.6. The van der Waals surface area contributed by atoms with E-state index in [-0.39, 0.29) is 5.92 Å². The van der Waals surface area contributed by atoms with Gasteiger partial charge in [-0.2, -0.15) is 9.29 Å². The highest BCUT2D eigenvalue weighted by Gasteiger charge is 2.41. The van der Waals surface area contributed by atoms with Gasteiger partial charge in [0, 0.05) is 18.0 Å². The van der Waals surface area contributed by atoms with Crippen LogP contribution in [0.15, 0.2) is 43.7 Å². The molecule has 0 amide bonds. The van der Waals surface area contributed by atoms with Crippen LogP contribution in [0.1, 0.15) is 16.7 Å². The van der Waals surface area contributed by atoms with Gasteiger partial charge in [-0.1, -0.05) is 5.16 Å². The van der Waals surface area contributed by atoms with E-state index in [2.05, 4.69) is 10.1 Å². The summed E-state index contributed by atoms with van der Waals surface area (Å²) in [5.74, 6) is 1.25. The summed E-state index contributed by atoms with van der Waals surface area (Å²) in [6.45, 7) is 2.58. The van der Waals surface area contributed by atoms with Gasteiger partial charge in [-0.15, -0.1) is 11.3 Å². The standard InChI is InChI=1S/C14H13N3O4S2/c1-9-4-5-12(22-9)23(18,19)17-7-10(8-17)14-15-13(16-21-14)11-3-2-6-20-11/h2-6,10H,7-8H2,1H3. The molecule has 23 heavy (non-hydrogen) atoms. The van der Waals surface area contributed by atoms with Crippen LogP contribution < -0.4 is 0 Å². The molecular formula is C14H13N3O4S2. The van der Waals surface area contributed by atoms with Crippen molar-refractivity contribution in [2.75, 3.05) is 13.1 Å². The highest BCUT2D eigenvalue weighted by atomic mass is 32.2. The SMILES string of the molecule is Cc1ccc(S(=O)(=O)N2CC(c3nc(-c4ccco4)no3)C2)s1. The number of hydrogen-bond donors (Lipinski definition) is 0. The quantitative estimate of drug-likeness (QED) is 0.717. The molecule has 1 aliphatic heterocycles. The third kappa shape index (κ3) is 2.50. The zero-order chi connectivity index (χ0) is 16.0. The van der Waals surface area contributed by atoms with E-state index in [4.69, 9.17) is 8.94 Å². The molecular weight excluding hydrogens is 338 g/mol. The van der Waals surface area contributed by atoms with Crippen molar-refractivity contribution in [3.8, 4) is 11.6 Å². The number of nitrogens with zero attached hydrogens (tertiary/aromatic N) is 3. The van der Waals surface area contributed by atoms with E-state index in [1.165, 1.54) is 21.9 Å².